The fourth-order valence-corrected chi connectivity index (χ4v) is 3.33. The van der Waals surface area contributed by atoms with E-state index in [2.05, 4.69) is 22.0 Å². The fourth-order valence-electron chi connectivity index (χ4n) is 3.33. The Bertz CT molecular complexity index is 424. The molecule has 0 aliphatic carbocycles. The van der Waals surface area contributed by atoms with Crippen molar-refractivity contribution in [3.05, 3.63) is 29.6 Å². The first kappa shape index (κ1) is 11.8. The predicted molar refractivity (Wildman–Crippen MR) is 70.2 cm³/mol. The molecule has 96 valence electrons. The maximum atomic E-state index is 11.7. The molecular formula is C15H20N2O. The van der Waals surface area contributed by atoms with Crippen molar-refractivity contribution in [2.75, 3.05) is 0 Å². The van der Waals surface area contributed by atoms with E-state index in [1.165, 1.54) is 24.8 Å². The number of carbonyl (C=O) groups excluding carboxylic acids is 1. The Labute approximate surface area is 108 Å². The van der Waals surface area contributed by atoms with Gasteiger partial charge in [0, 0.05) is 43.4 Å². The number of hydrogen-bond donors (Lipinski definition) is 0. The van der Waals surface area contributed by atoms with E-state index in [4.69, 9.17) is 0 Å². The highest BCUT2D eigenvalue weighted by Crippen LogP contribution is 2.33. The number of fused-ring (bicyclic) bond motifs is 2. The van der Waals surface area contributed by atoms with Gasteiger partial charge in [0.05, 0.1) is 0 Å². The van der Waals surface area contributed by atoms with Crippen molar-refractivity contribution in [2.45, 2.75) is 57.7 Å². The van der Waals surface area contributed by atoms with Gasteiger partial charge in [0.2, 0.25) is 0 Å². The second kappa shape index (κ2) is 4.81. The highest BCUT2D eigenvalue weighted by molar-refractivity contribution is 5.80. The van der Waals surface area contributed by atoms with Crippen LogP contribution in [0.15, 0.2) is 18.3 Å². The third-order valence-corrected chi connectivity index (χ3v) is 4.28. The molecule has 3 heteroatoms. The van der Waals surface area contributed by atoms with Crippen molar-refractivity contribution in [1.82, 2.24) is 9.88 Å². The lowest BCUT2D eigenvalue weighted by Crippen LogP contribution is -2.51. The van der Waals surface area contributed by atoms with Crippen LogP contribution in [0, 0.1) is 6.92 Å². The SMILES string of the molecule is Cc1ccc(CN2C3CCCC2CC(=O)C3)cn1. The molecule has 18 heavy (non-hydrogen) atoms. The zero-order chi connectivity index (χ0) is 12.5. The summed E-state index contributed by atoms with van der Waals surface area (Å²) in [5.74, 6) is 0.461. The minimum absolute atomic E-state index is 0.461. The first-order chi connectivity index (χ1) is 8.72. The molecule has 0 N–H and O–H groups in total. The molecular weight excluding hydrogens is 224 g/mol. The molecule has 0 amide bonds. The van der Waals surface area contributed by atoms with Crippen LogP contribution in [0.1, 0.15) is 43.4 Å². The Morgan fingerprint density at radius 3 is 2.61 bits per heavy atom. The summed E-state index contributed by atoms with van der Waals surface area (Å²) in [6.45, 7) is 2.97. The monoisotopic (exact) mass is 244 g/mol. The van der Waals surface area contributed by atoms with Crippen LogP contribution in [-0.2, 0) is 11.3 Å². The molecule has 0 radical (unpaired) electrons. The molecule has 3 heterocycles. The highest BCUT2D eigenvalue weighted by Gasteiger charge is 2.37. The average Bonchev–Trinajstić information content (AvgIpc) is 2.33. The number of ketones is 1. The molecule has 0 aromatic carbocycles. The molecule has 1 aromatic rings. The lowest BCUT2D eigenvalue weighted by molar-refractivity contribution is -0.127. The van der Waals surface area contributed by atoms with Gasteiger partial charge in [-0.1, -0.05) is 12.5 Å². The molecule has 1 aromatic heterocycles. The van der Waals surface area contributed by atoms with Crippen molar-refractivity contribution in [2.24, 2.45) is 0 Å². The predicted octanol–water partition coefficient (Wildman–Crippen LogP) is 2.48. The van der Waals surface area contributed by atoms with Gasteiger partial charge in [-0.2, -0.15) is 0 Å². The lowest BCUT2D eigenvalue weighted by Gasteiger charge is -2.45. The number of aromatic nitrogens is 1. The number of pyridine rings is 1. The Morgan fingerprint density at radius 2 is 2.00 bits per heavy atom. The minimum Gasteiger partial charge on any atom is -0.300 e. The van der Waals surface area contributed by atoms with Gasteiger partial charge in [-0.15, -0.1) is 0 Å². The number of rotatable bonds is 2. The Kier molecular flexibility index (Phi) is 3.16. The highest BCUT2D eigenvalue weighted by atomic mass is 16.1. The molecule has 2 aliphatic heterocycles. The van der Waals surface area contributed by atoms with Crippen LogP contribution in [-0.4, -0.2) is 27.8 Å². The number of piperidine rings is 2. The summed E-state index contributed by atoms with van der Waals surface area (Å²) in [6.07, 6.45) is 7.14. The Balaban J connectivity index is 1.75. The summed E-state index contributed by atoms with van der Waals surface area (Å²) in [6, 6.07) is 5.19. The molecule has 2 unspecified atom stereocenters. The first-order valence-corrected chi connectivity index (χ1v) is 6.91. The number of carbonyl (C=O) groups is 1. The van der Waals surface area contributed by atoms with Gasteiger partial charge in [0.1, 0.15) is 5.78 Å². The van der Waals surface area contributed by atoms with E-state index in [0.29, 0.717) is 17.9 Å². The molecule has 2 fully saturated rings. The number of hydrogen-bond acceptors (Lipinski definition) is 3. The summed E-state index contributed by atoms with van der Waals surface area (Å²) in [5.41, 5.74) is 2.33. The van der Waals surface area contributed by atoms with Gasteiger partial charge in [-0.3, -0.25) is 14.7 Å². The minimum atomic E-state index is 0.461. The fraction of sp³-hybridized carbons (Fsp3) is 0.600. The van der Waals surface area contributed by atoms with Crippen LogP contribution < -0.4 is 0 Å². The van der Waals surface area contributed by atoms with E-state index in [1.807, 2.05) is 13.1 Å². The zero-order valence-electron chi connectivity index (χ0n) is 10.9. The van der Waals surface area contributed by atoms with Crippen LogP contribution in [0.2, 0.25) is 0 Å². The topological polar surface area (TPSA) is 33.2 Å². The van der Waals surface area contributed by atoms with Crippen molar-refractivity contribution in [1.29, 1.82) is 0 Å². The quantitative estimate of drug-likeness (QED) is 0.801. The number of aryl methyl sites for hydroxylation is 1. The smallest absolute Gasteiger partial charge is 0.136 e. The molecule has 2 aliphatic rings. The standard InChI is InChI=1S/C15H20N2O/c1-11-5-6-12(9-16-11)10-17-13-3-2-4-14(17)8-15(18)7-13/h5-6,9,13-14H,2-4,7-8,10H2,1H3. The van der Waals surface area contributed by atoms with Gasteiger partial charge in [-0.25, -0.2) is 0 Å². The van der Waals surface area contributed by atoms with Crippen LogP contribution >= 0.6 is 0 Å². The van der Waals surface area contributed by atoms with Crippen molar-refractivity contribution >= 4 is 5.78 Å². The molecule has 2 saturated heterocycles. The van der Waals surface area contributed by atoms with Crippen LogP contribution in [0.3, 0.4) is 0 Å². The van der Waals surface area contributed by atoms with E-state index in [1.54, 1.807) is 0 Å². The first-order valence-electron chi connectivity index (χ1n) is 6.91. The van der Waals surface area contributed by atoms with Crippen molar-refractivity contribution in [3.8, 4) is 0 Å². The maximum absolute atomic E-state index is 11.7. The summed E-state index contributed by atoms with van der Waals surface area (Å²) in [7, 11) is 0. The normalized spacial score (nSPS) is 28.4. The summed E-state index contributed by atoms with van der Waals surface area (Å²) >= 11 is 0. The molecule has 3 rings (SSSR count). The summed E-state index contributed by atoms with van der Waals surface area (Å²) in [5, 5.41) is 0. The Hall–Kier alpha value is -1.22. The average molecular weight is 244 g/mol. The molecule has 3 nitrogen and oxygen atoms in total. The van der Waals surface area contributed by atoms with Gasteiger partial charge in [-0.05, 0) is 31.4 Å². The second-order valence-electron chi connectivity index (χ2n) is 5.67. The van der Waals surface area contributed by atoms with Crippen LogP contribution in [0.5, 0.6) is 0 Å². The third-order valence-electron chi connectivity index (χ3n) is 4.28. The second-order valence-corrected chi connectivity index (χ2v) is 5.67. The molecule has 0 saturated carbocycles. The van der Waals surface area contributed by atoms with Crippen molar-refractivity contribution in [3.63, 3.8) is 0 Å². The molecule has 0 spiro atoms. The van der Waals surface area contributed by atoms with Gasteiger partial charge < -0.3 is 0 Å². The van der Waals surface area contributed by atoms with Gasteiger partial charge in [0.15, 0.2) is 0 Å². The van der Waals surface area contributed by atoms with E-state index in [9.17, 15) is 4.79 Å². The van der Waals surface area contributed by atoms with Crippen LogP contribution in [0.25, 0.3) is 0 Å². The van der Waals surface area contributed by atoms with E-state index in [0.717, 1.165) is 25.1 Å². The maximum Gasteiger partial charge on any atom is 0.136 e. The summed E-state index contributed by atoms with van der Waals surface area (Å²) in [4.78, 5) is 18.6. The number of Topliss-reactive ketones (excluding diaryl/α,β-unsaturated/α-hetero) is 1. The largest absolute Gasteiger partial charge is 0.300 e. The van der Waals surface area contributed by atoms with E-state index < -0.39 is 0 Å². The van der Waals surface area contributed by atoms with Gasteiger partial charge in [0.25, 0.3) is 0 Å². The van der Waals surface area contributed by atoms with Crippen LogP contribution in [0.4, 0.5) is 0 Å². The Morgan fingerprint density at radius 1 is 1.28 bits per heavy atom. The summed E-state index contributed by atoms with van der Waals surface area (Å²) < 4.78 is 0. The lowest BCUT2D eigenvalue weighted by atomic mass is 9.83. The molecule has 2 bridgehead atoms. The van der Waals surface area contributed by atoms with E-state index >= 15 is 0 Å². The molecule has 2 atom stereocenters. The van der Waals surface area contributed by atoms with E-state index in [-0.39, 0.29) is 0 Å². The number of nitrogens with zero attached hydrogens (tertiary/aromatic N) is 2. The van der Waals surface area contributed by atoms with Crippen molar-refractivity contribution < 1.29 is 4.79 Å². The van der Waals surface area contributed by atoms with Gasteiger partial charge >= 0.3 is 0 Å². The zero-order valence-corrected chi connectivity index (χ0v) is 10.9. The third kappa shape index (κ3) is 2.32.